The first-order valence-electron chi connectivity index (χ1n) is 14.0. The Bertz CT molecular complexity index is 2060. The Kier molecular flexibility index (Phi) is 8.42. The van der Waals surface area contributed by atoms with Gasteiger partial charge in [0.1, 0.15) is 18.1 Å². The lowest BCUT2D eigenvalue weighted by Gasteiger charge is -2.07. The summed E-state index contributed by atoms with van der Waals surface area (Å²) < 4.78 is 29.4. The highest BCUT2D eigenvalue weighted by molar-refractivity contribution is 7.15. The molecule has 0 unspecified atom stereocenters. The molecule has 10 heteroatoms. The van der Waals surface area contributed by atoms with Gasteiger partial charge in [-0.05, 0) is 66.6 Å². The zero-order chi connectivity index (χ0) is 30.5. The summed E-state index contributed by atoms with van der Waals surface area (Å²) in [5, 5.41) is 9.16. The van der Waals surface area contributed by atoms with Crippen LogP contribution in [0.15, 0.2) is 96.4 Å². The molecule has 0 saturated carbocycles. The molecule has 0 saturated heterocycles. The van der Waals surface area contributed by atoms with Gasteiger partial charge in [-0.25, -0.2) is 9.07 Å². The van der Waals surface area contributed by atoms with E-state index < -0.39 is 5.82 Å². The van der Waals surface area contributed by atoms with Crippen LogP contribution in [0.5, 0.6) is 11.5 Å². The summed E-state index contributed by atoms with van der Waals surface area (Å²) in [7, 11) is 0. The van der Waals surface area contributed by atoms with Gasteiger partial charge in [0, 0.05) is 17.3 Å². The molecule has 0 aliphatic rings. The summed E-state index contributed by atoms with van der Waals surface area (Å²) >= 11 is 1.23. The van der Waals surface area contributed by atoms with Crippen LogP contribution in [0.1, 0.15) is 30.3 Å². The van der Waals surface area contributed by atoms with Gasteiger partial charge in [0.15, 0.2) is 17.4 Å². The van der Waals surface area contributed by atoms with E-state index in [9.17, 15) is 9.18 Å². The quantitative estimate of drug-likeness (QED) is 0.163. The molecule has 0 aliphatic carbocycles. The molecular weight excluding hydrogens is 577 g/mol. The Morgan fingerprint density at radius 2 is 1.82 bits per heavy atom. The lowest BCUT2D eigenvalue weighted by molar-refractivity contribution is 0.301. The Hall–Kier alpha value is -5.35. The minimum atomic E-state index is -0.475. The number of aromatic nitrogens is 5. The largest absolute Gasteiger partial charge is 0.491 e. The summed E-state index contributed by atoms with van der Waals surface area (Å²) in [4.78, 5) is 18.4. The van der Waals surface area contributed by atoms with E-state index in [-0.39, 0.29) is 11.3 Å². The third-order valence-corrected chi connectivity index (χ3v) is 7.55. The predicted octanol–water partition coefficient (Wildman–Crippen LogP) is 6.21. The molecule has 0 N–H and O–H groups in total. The van der Waals surface area contributed by atoms with Gasteiger partial charge in [0.2, 0.25) is 4.96 Å². The second-order valence-corrected chi connectivity index (χ2v) is 10.8. The smallest absolute Gasteiger partial charge is 0.291 e. The van der Waals surface area contributed by atoms with Gasteiger partial charge in [-0.15, -0.1) is 5.10 Å². The monoisotopic (exact) mass is 605 g/mol. The lowest BCUT2D eigenvalue weighted by Crippen LogP contribution is -2.23. The van der Waals surface area contributed by atoms with Crippen molar-refractivity contribution >= 4 is 34.5 Å². The molecule has 220 valence electrons. The molecule has 0 atom stereocenters. The van der Waals surface area contributed by atoms with Crippen LogP contribution in [0.3, 0.4) is 0 Å². The molecule has 8 nitrogen and oxygen atoms in total. The van der Waals surface area contributed by atoms with Gasteiger partial charge in [-0.3, -0.25) is 4.79 Å². The number of nitrogens with zero attached hydrogens (tertiary/aromatic N) is 5. The zero-order valence-electron chi connectivity index (χ0n) is 23.9. The van der Waals surface area contributed by atoms with Gasteiger partial charge in [0.25, 0.3) is 5.56 Å². The van der Waals surface area contributed by atoms with E-state index >= 15 is 0 Å². The Balaban J connectivity index is 1.33. The van der Waals surface area contributed by atoms with Crippen molar-refractivity contribution in [3.63, 3.8) is 0 Å². The maximum atomic E-state index is 14.9. The van der Waals surface area contributed by atoms with E-state index in [4.69, 9.17) is 14.6 Å². The van der Waals surface area contributed by atoms with Crippen LogP contribution in [0.4, 0.5) is 4.39 Å². The van der Waals surface area contributed by atoms with Crippen molar-refractivity contribution < 1.29 is 13.9 Å². The fraction of sp³-hybridized carbons (Fsp3) is 0.118. The number of thiazole rings is 1. The highest BCUT2D eigenvalue weighted by atomic mass is 32.1. The number of rotatable bonds is 11. The summed E-state index contributed by atoms with van der Waals surface area (Å²) in [5.74, 6) is 0.890. The molecule has 0 amide bonds. The number of hydrogen-bond acceptors (Lipinski definition) is 7. The number of hydrogen-bond donors (Lipinski definition) is 0. The van der Waals surface area contributed by atoms with Gasteiger partial charge < -0.3 is 9.47 Å². The van der Waals surface area contributed by atoms with Crippen LogP contribution in [0.2, 0.25) is 0 Å². The van der Waals surface area contributed by atoms with Crippen LogP contribution in [-0.4, -0.2) is 37.6 Å². The molecule has 6 aromatic rings. The molecule has 3 aromatic carbocycles. The van der Waals surface area contributed by atoms with Gasteiger partial charge >= 0.3 is 0 Å². The summed E-state index contributed by atoms with van der Waals surface area (Å²) in [6.07, 6.45) is 9.66. The molecule has 0 fully saturated rings. The van der Waals surface area contributed by atoms with Crippen LogP contribution in [-0.2, 0) is 0 Å². The minimum Gasteiger partial charge on any atom is -0.491 e. The SMILES string of the molecule is C=CCOc1ccc(/C=C/c2nc3s/c(=C\c4cn(-c5ccccc5)nc4-c4ccc(OCCC)c(F)c4)c(=O)n3n2)cc1. The average molecular weight is 606 g/mol. The average Bonchev–Trinajstić information content (AvgIpc) is 3.74. The van der Waals surface area contributed by atoms with Gasteiger partial charge in [-0.1, -0.05) is 67.3 Å². The van der Waals surface area contributed by atoms with Crippen molar-refractivity contribution in [1.29, 1.82) is 0 Å². The van der Waals surface area contributed by atoms with Crippen molar-refractivity contribution in [3.8, 4) is 28.4 Å². The van der Waals surface area contributed by atoms with E-state index in [0.29, 0.717) is 45.4 Å². The van der Waals surface area contributed by atoms with E-state index in [0.717, 1.165) is 23.4 Å². The number of ether oxygens (including phenoxy) is 2. The van der Waals surface area contributed by atoms with Crippen LogP contribution in [0, 0.1) is 5.82 Å². The number of benzene rings is 3. The Morgan fingerprint density at radius 3 is 2.55 bits per heavy atom. The standard InChI is InChI=1S/C34H28FN5O3S/c1-3-18-42-27-14-10-23(11-15-27)12-17-31-36-34-40(37-31)33(41)30(44-34)21-25-22-39(26-8-6-5-7-9-26)38-32(25)24-13-16-29(28(35)20-24)43-19-4-2/h3,5-17,20-22H,1,4,18-19H2,2H3/b17-12+,30-21-. The molecule has 0 bridgehead atoms. The van der Waals surface area contributed by atoms with E-state index in [1.165, 1.54) is 21.9 Å². The topological polar surface area (TPSA) is 83.5 Å². The fourth-order valence-corrected chi connectivity index (χ4v) is 5.37. The first-order chi connectivity index (χ1) is 21.5. The van der Waals surface area contributed by atoms with Crippen LogP contribution >= 0.6 is 11.3 Å². The summed E-state index contributed by atoms with van der Waals surface area (Å²) in [6, 6.07) is 22.0. The van der Waals surface area contributed by atoms with E-state index in [2.05, 4.69) is 16.7 Å². The van der Waals surface area contributed by atoms with Crippen molar-refractivity contribution in [1.82, 2.24) is 24.4 Å². The van der Waals surface area contributed by atoms with Crippen molar-refractivity contribution in [2.45, 2.75) is 13.3 Å². The second-order valence-electron chi connectivity index (χ2n) is 9.79. The molecule has 0 spiro atoms. The van der Waals surface area contributed by atoms with Gasteiger partial charge in [0.05, 0.1) is 16.8 Å². The van der Waals surface area contributed by atoms with Crippen LogP contribution < -0.4 is 19.6 Å². The van der Waals surface area contributed by atoms with Crippen molar-refractivity contribution in [2.24, 2.45) is 0 Å². The molecule has 0 aliphatic heterocycles. The van der Waals surface area contributed by atoms with Crippen molar-refractivity contribution in [2.75, 3.05) is 13.2 Å². The summed E-state index contributed by atoms with van der Waals surface area (Å²) in [6.45, 7) is 6.48. The maximum Gasteiger partial charge on any atom is 0.291 e. The Morgan fingerprint density at radius 1 is 1.00 bits per heavy atom. The molecule has 6 rings (SSSR count). The number of fused-ring (bicyclic) bond motifs is 1. The van der Waals surface area contributed by atoms with E-state index in [1.54, 1.807) is 35.0 Å². The number of para-hydroxylation sites is 1. The molecule has 44 heavy (non-hydrogen) atoms. The first-order valence-corrected chi connectivity index (χ1v) is 14.8. The Labute approximate surface area is 256 Å². The van der Waals surface area contributed by atoms with E-state index in [1.807, 2.05) is 73.8 Å². The van der Waals surface area contributed by atoms with Crippen LogP contribution in [0.25, 0.3) is 40.1 Å². The predicted molar refractivity (Wildman–Crippen MR) is 172 cm³/mol. The molecule has 0 radical (unpaired) electrons. The summed E-state index contributed by atoms with van der Waals surface area (Å²) in [5.41, 5.74) is 3.21. The highest BCUT2D eigenvalue weighted by Gasteiger charge is 2.16. The lowest BCUT2D eigenvalue weighted by atomic mass is 10.1. The molecule has 3 heterocycles. The number of halogens is 1. The molecular formula is C34H28FN5O3S. The normalized spacial score (nSPS) is 11.9. The van der Waals surface area contributed by atoms with Gasteiger partial charge in [-0.2, -0.15) is 14.6 Å². The minimum absolute atomic E-state index is 0.190. The third-order valence-electron chi connectivity index (χ3n) is 6.59. The maximum absolute atomic E-state index is 14.9. The second kappa shape index (κ2) is 12.9. The fourth-order valence-electron chi connectivity index (χ4n) is 4.47. The third kappa shape index (κ3) is 6.20. The molecule has 3 aromatic heterocycles. The highest BCUT2D eigenvalue weighted by Crippen LogP contribution is 2.29. The first kappa shape index (κ1) is 28.8. The zero-order valence-corrected chi connectivity index (χ0v) is 24.7. The van der Waals surface area contributed by atoms with Crippen molar-refractivity contribution in [3.05, 3.63) is 129 Å².